The number of fused-ring (bicyclic) bond motifs is 1. The highest BCUT2D eigenvalue weighted by Crippen LogP contribution is 2.18. The SMILES string of the molecule is COCc1ccccc1NCc1nc2ccccc2n1C. The average Bonchev–Trinajstić information content (AvgIpc) is 2.84. The Bertz CT molecular complexity index is 749. The Morgan fingerprint density at radius 1 is 1.10 bits per heavy atom. The van der Waals surface area contributed by atoms with Gasteiger partial charge in [-0.15, -0.1) is 0 Å². The second kappa shape index (κ2) is 5.97. The number of ether oxygens (including phenoxy) is 1. The van der Waals surface area contributed by atoms with Gasteiger partial charge >= 0.3 is 0 Å². The molecular formula is C17H19N3O. The van der Waals surface area contributed by atoms with Gasteiger partial charge in [0.1, 0.15) is 5.82 Å². The van der Waals surface area contributed by atoms with Crippen LogP contribution in [0.1, 0.15) is 11.4 Å². The molecule has 1 N–H and O–H groups in total. The van der Waals surface area contributed by atoms with Crippen LogP contribution in [0, 0.1) is 0 Å². The lowest BCUT2D eigenvalue weighted by molar-refractivity contribution is 0.185. The molecule has 0 fully saturated rings. The third kappa shape index (κ3) is 2.76. The quantitative estimate of drug-likeness (QED) is 0.779. The number of benzene rings is 2. The lowest BCUT2D eigenvalue weighted by Crippen LogP contribution is -2.07. The number of methoxy groups -OCH3 is 1. The number of nitrogens with zero attached hydrogens (tertiary/aromatic N) is 2. The normalized spacial score (nSPS) is 11.0. The standard InChI is InChI=1S/C17H19N3O/c1-20-16-10-6-5-9-15(16)19-17(20)11-18-14-8-4-3-7-13(14)12-21-2/h3-10,18H,11-12H2,1-2H3. The molecule has 4 heteroatoms. The summed E-state index contributed by atoms with van der Waals surface area (Å²) < 4.78 is 7.36. The fourth-order valence-electron chi connectivity index (χ4n) is 2.50. The van der Waals surface area contributed by atoms with Crippen molar-refractivity contribution in [3.63, 3.8) is 0 Å². The summed E-state index contributed by atoms with van der Waals surface area (Å²) in [5.74, 6) is 1.02. The number of imidazole rings is 1. The molecule has 4 nitrogen and oxygen atoms in total. The molecule has 0 unspecified atom stereocenters. The summed E-state index contributed by atoms with van der Waals surface area (Å²) in [5.41, 5.74) is 4.42. The van der Waals surface area contributed by atoms with Gasteiger partial charge in [-0.25, -0.2) is 4.98 Å². The van der Waals surface area contributed by atoms with Crippen molar-refractivity contribution in [1.29, 1.82) is 0 Å². The lowest BCUT2D eigenvalue weighted by atomic mass is 10.2. The van der Waals surface area contributed by atoms with Crippen LogP contribution in [0.5, 0.6) is 0 Å². The highest BCUT2D eigenvalue weighted by Gasteiger charge is 2.07. The molecule has 0 spiro atoms. The zero-order valence-electron chi connectivity index (χ0n) is 12.3. The summed E-state index contributed by atoms with van der Waals surface area (Å²) in [6.45, 7) is 1.29. The molecule has 1 aromatic heterocycles. The van der Waals surface area contributed by atoms with E-state index in [9.17, 15) is 0 Å². The van der Waals surface area contributed by atoms with Crippen molar-refractivity contribution in [3.05, 3.63) is 59.9 Å². The number of para-hydroxylation sites is 3. The van der Waals surface area contributed by atoms with Crippen molar-refractivity contribution in [2.24, 2.45) is 7.05 Å². The second-order valence-electron chi connectivity index (χ2n) is 5.02. The maximum Gasteiger partial charge on any atom is 0.128 e. The number of anilines is 1. The van der Waals surface area contributed by atoms with Crippen LogP contribution in [0.2, 0.25) is 0 Å². The summed E-state index contributed by atoms with van der Waals surface area (Å²) in [6, 6.07) is 16.4. The van der Waals surface area contributed by atoms with Gasteiger partial charge in [0.05, 0.1) is 24.2 Å². The van der Waals surface area contributed by atoms with Crippen LogP contribution in [0.15, 0.2) is 48.5 Å². The second-order valence-corrected chi connectivity index (χ2v) is 5.02. The molecule has 0 aliphatic heterocycles. The van der Waals surface area contributed by atoms with Gasteiger partial charge < -0.3 is 14.6 Å². The van der Waals surface area contributed by atoms with Gasteiger partial charge in [0.2, 0.25) is 0 Å². The molecule has 0 aliphatic carbocycles. The molecule has 0 aliphatic rings. The largest absolute Gasteiger partial charge is 0.380 e. The Balaban J connectivity index is 1.82. The molecule has 0 bridgehead atoms. The first-order valence-corrected chi connectivity index (χ1v) is 7.00. The molecule has 0 radical (unpaired) electrons. The van der Waals surface area contributed by atoms with E-state index in [0.717, 1.165) is 28.1 Å². The van der Waals surface area contributed by atoms with Gasteiger partial charge in [0, 0.05) is 25.4 Å². The predicted molar refractivity (Wildman–Crippen MR) is 85.2 cm³/mol. The third-order valence-electron chi connectivity index (χ3n) is 3.63. The first-order chi connectivity index (χ1) is 10.3. The summed E-state index contributed by atoms with van der Waals surface area (Å²) in [4.78, 5) is 4.67. The van der Waals surface area contributed by atoms with E-state index in [2.05, 4.69) is 33.1 Å². The number of hydrogen-bond acceptors (Lipinski definition) is 3. The zero-order chi connectivity index (χ0) is 14.7. The van der Waals surface area contributed by atoms with Crippen molar-refractivity contribution >= 4 is 16.7 Å². The number of rotatable bonds is 5. The Kier molecular flexibility index (Phi) is 3.88. The van der Waals surface area contributed by atoms with Gasteiger partial charge in [0.25, 0.3) is 0 Å². The van der Waals surface area contributed by atoms with Crippen molar-refractivity contribution < 1.29 is 4.74 Å². The summed E-state index contributed by atoms with van der Waals surface area (Å²) in [6.07, 6.45) is 0. The molecule has 21 heavy (non-hydrogen) atoms. The zero-order valence-corrected chi connectivity index (χ0v) is 12.3. The maximum absolute atomic E-state index is 5.23. The summed E-state index contributed by atoms with van der Waals surface area (Å²) in [7, 11) is 3.76. The minimum atomic E-state index is 0.603. The number of hydrogen-bond donors (Lipinski definition) is 1. The monoisotopic (exact) mass is 281 g/mol. The predicted octanol–water partition coefficient (Wildman–Crippen LogP) is 3.33. The van der Waals surface area contributed by atoms with Crippen LogP contribution in [0.3, 0.4) is 0 Å². The average molecular weight is 281 g/mol. The van der Waals surface area contributed by atoms with E-state index >= 15 is 0 Å². The van der Waals surface area contributed by atoms with Crippen LogP contribution in [0.25, 0.3) is 11.0 Å². The number of aryl methyl sites for hydroxylation is 1. The van der Waals surface area contributed by atoms with Crippen LogP contribution < -0.4 is 5.32 Å². The molecule has 108 valence electrons. The first-order valence-electron chi connectivity index (χ1n) is 7.00. The van der Waals surface area contributed by atoms with Crippen molar-refractivity contribution in [1.82, 2.24) is 9.55 Å². The summed E-state index contributed by atoms with van der Waals surface area (Å²) in [5, 5.41) is 3.45. The molecule has 3 rings (SSSR count). The van der Waals surface area contributed by atoms with Crippen LogP contribution in [-0.2, 0) is 24.9 Å². The fourth-order valence-corrected chi connectivity index (χ4v) is 2.50. The highest BCUT2D eigenvalue weighted by atomic mass is 16.5. The first kappa shape index (κ1) is 13.6. The van der Waals surface area contributed by atoms with Crippen molar-refractivity contribution in [2.75, 3.05) is 12.4 Å². The van der Waals surface area contributed by atoms with E-state index < -0.39 is 0 Å². The molecule has 1 heterocycles. The van der Waals surface area contributed by atoms with Crippen molar-refractivity contribution in [2.45, 2.75) is 13.2 Å². The lowest BCUT2D eigenvalue weighted by Gasteiger charge is -2.11. The van der Waals surface area contributed by atoms with Gasteiger partial charge in [-0.2, -0.15) is 0 Å². The maximum atomic E-state index is 5.23. The van der Waals surface area contributed by atoms with E-state index in [1.807, 2.05) is 37.4 Å². The molecule has 0 saturated heterocycles. The van der Waals surface area contributed by atoms with E-state index in [1.54, 1.807) is 7.11 Å². The van der Waals surface area contributed by atoms with Gasteiger partial charge in [-0.05, 0) is 18.2 Å². The van der Waals surface area contributed by atoms with Gasteiger partial charge in [0.15, 0.2) is 0 Å². The van der Waals surface area contributed by atoms with Gasteiger partial charge in [-0.3, -0.25) is 0 Å². The van der Waals surface area contributed by atoms with Crippen molar-refractivity contribution in [3.8, 4) is 0 Å². The minimum absolute atomic E-state index is 0.603. The molecule has 0 amide bonds. The molecule has 0 saturated carbocycles. The Morgan fingerprint density at radius 3 is 2.67 bits per heavy atom. The third-order valence-corrected chi connectivity index (χ3v) is 3.63. The summed E-state index contributed by atoms with van der Waals surface area (Å²) >= 11 is 0. The minimum Gasteiger partial charge on any atom is -0.380 e. The van der Waals surface area contributed by atoms with Crippen LogP contribution in [0.4, 0.5) is 5.69 Å². The van der Waals surface area contributed by atoms with Crippen LogP contribution in [-0.4, -0.2) is 16.7 Å². The number of nitrogens with one attached hydrogen (secondary N) is 1. The van der Waals surface area contributed by atoms with E-state index in [-0.39, 0.29) is 0 Å². The van der Waals surface area contributed by atoms with E-state index in [0.29, 0.717) is 13.2 Å². The van der Waals surface area contributed by atoms with Crippen LogP contribution >= 0.6 is 0 Å². The smallest absolute Gasteiger partial charge is 0.128 e. The van der Waals surface area contributed by atoms with E-state index in [4.69, 9.17) is 4.74 Å². The highest BCUT2D eigenvalue weighted by molar-refractivity contribution is 5.75. The molecule has 3 aromatic rings. The number of aromatic nitrogens is 2. The fraction of sp³-hybridized carbons (Fsp3) is 0.235. The topological polar surface area (TPSA) is 39.1 Å². The Hall–Kier alpha value is -2.33. The Morgan fingerprint density at radius 2 is 1.86 bits per heavy atom. The molecular weight excluding hydrogens is 262 g/mol. The van der Waals surface area contributed by atoms with Gasteiger partial charge in [-0.1, -0.05) is 30.3 Å². The molecule has 0 atom stereocenters. The van der Waals surface area contributed by atoms with E-state index in [1.165, 1.54) is 0 Å². The molecule has 2 aromatic carbocycles. The Labute approximate surface area is 124 Å².